The Kier molecular flexibility index (Phi) is 7.89. The maximum absolute atomic E-state index is 2.45. The summed E-state index contributed by atoms with van der Waals surface area (Å²) in [5.41, 5.74) is 14.1. The summed E-state index contributed by atoms with van der Waals surface area (Å²) >= 11 is 0. The summed E-state index contributed by atoms with van der Waals surface area (Å²) in [5, 5.41) is 10.0. The van der Waals surface area contributed by atoms with E-state index in [0.29, 0.717) is 0 Å². The van der Waals surface area contributed by atoms with Crippen molar-refractivity contribution in [2.75, 3.05) is 4.90 Å². The molecule has 12 aromatic rings. The lowest BCUT2D eigenvalue weighted by Gasteiger charge is -2.28. The van der Waals surface area contributed by atoms with Crippen molar-refractivity contribution in [3.8, 4) is 39.1 Å². The lowest BCUT2D eigenvalue weighted by molar-refractivity contribution is 1.20. The molecule has 0 amide bonds. The highest BCUT2D eigenvalue weighted by Crippen LogP contribution is 2.46. The number of nitrogens with zero attached hydrogens (tertiary/aromatic N) is 2. The highest BCUT2D eigenvalue weighted by atomic mass is 15.1. The summed E-state index contributed by atoms with van der Waals surface area (Å²) in [6.07, 6.45) is 0. The Bertz CT molecular complexity index is 3470. The fraction of sp³-hybridized carbons (Fsp3) is 0. The minimum Gasteiger partial charge on any atom is -0.310 e. The van der Waals surface area contributed by atoms with Crippen molar-refractivity contribution in [1.29, 1.82) is 0 Å². The number of aromatic nitrogens is 1. The molecule has 0 N–H and O–H groups in total. The first-order chi connectivity index (χ1) is 29.8. The zero-order valence-electron chi connectivity index (χ0n) is 32.8. The molecule has 60 heavy (non-hydrogen) atoms. The molecule has 11 aromatic carbocycles. The highest BCUT2D eigenvalue weighted by Gasteiger charge is 2.21. The van der Waals surface area contributed by atoms with E-state index in [1.165, 1.54) is 93.2 Å². The first kappa shape index (κ1) is 34.1. The van der Waals surface area contributed by atoms with Crippen LogP contribution < -0.4 is 4.90 Å². The van der Waals surface area contributed by atoms with E-state index in [4.69, 9.17) is 0 Å². The van der Waals surface area contributed by atoms with E-state index < -0.39 is 0 Å². The third-order valence-electron chi connectivity index (χ3n) is 12.3. The number of hydrogen-bond acceptors (Lipinski definition) is 1. The zero-order valence-corrected chi connectivity index (χ0v) is 32.8. The molecule has 0 spiro atoms. The molecule has 0 bridgehead atoms. The summed E-state index contributed by atoms with van der Waals surface area (Å²) in [7, 11) is 0. The van der Waals surface area contributed by atoms with Crippen LogP contribution in [0.1, 0.15) is 0 Å². The molecule has 280 valence electrons. The summed E-state index contributed by atoms with van der Waals surface area (Å²) in [4.78, 5) is 2.44. The Labute approximate surface area is 348 Å². The van der Waals surface area contributed by atoms with Crippen molar-refractivity contribution in [1.82, 2.24) is 4.57 Å². The molecule has 1 aromatic heterocycles. The van der Waals surface area contributed by atoms with Crippen molar-refractivity contribution >= 4 is 71.2 Å². The molecule has 1 heterocycles. The lowest BCUT2D eigenvalue weighted by Crippen LogP contribution is -2.11. The van der Waals surface area contributed by atoms with E-state index in [0.717, 1.165) is 17.1 Å². The van der Waals surface area contributed by atoms with Gasteiger partial charge in [-0.3, -0.25) is 0 Å². The number of para-hydroxylation sites is 2. The molecule has 0 radical (unpaired) electrons. The van der Waals surface area contributed by atoms with Gasteiger partial charge in [-0.05, 0) is 110 Å². The molecule has 0 fully saturated rings. The van der Waals surface area contributed by atoms with Crippen molar-refractivity contribution in [2.24, 2.45) is 0 Å². The van der Waals surface area contributed by atoms with E-state index in [1.807, 2.05) is 0 Å². The van der Waals surface area contributed by atoms with Crippen LogP contribution in [-0.4, -0.2) is 4.57 Å². The van der Waals surface area contributed by atoms with Gasteiger partial charge in [0.1, 0.15) is 0 Å². The van der Waals surface area contributed by atoms with E-state index in [1.54, 1.807) is 0 Å². The van der Waals surface area contributed by atoms with Gasteiger partial charge >= 0.3 is 0 Å². The number of hydrogen-bond donors (Lipinski definition) is 0. The van der Waals surface area contributed by atoms with Crippen LogP contribution in [0.2, 0.25) is 0 Å². The molecular formula is C58H38N2. The van der Waals surface area contributed by atoms with Crippen LogP contribution in [0.5, 0.6) is 0 Å². The van der Waals surface area contributed by atoms with E-state index >= 15 is 0 Å². The minimum absolute atomic E-state index is 1.10. The van der Waals surface area contributed by atoms with Crippen LogP contribution >= 0.6 is 0 Å². The van der Waals surface area contributed by atoms with Crippen LogP contribution in [0, 0.1) is 0 Å². The molecule has 0 saturated carbocycles. The van der Waals surface area contributed by atoms with Crippen LogP contribution in [-0.2, 0) is 0 Å². The average Bonchev–Trinajstić information content (AvgIpc) is 3.66. The molecule has 2 heteroatoms. The van der Waals surface area contributed by atoms with Crippen molar-refractivity contribution in [3.63, 3.8) is 0 Å². The SMILES string of the molecule is c1ccc(-c2ccc(N(c3cccc(-c4cccc(-c5ccccc5)c4)c3)c3ccc4ccc5c(-n6c7ccccc7c7ccccc76)ccc6ccc3c4c65)cc2)cc1. The predicted molar refractivity (Wildman–Crippen MR) is 255 cm³/mol. The molecule has 0 aliphatic carbocycles. The van der Waals surface area contributed by atoms with Gasteiger partial charge in [0.15, 0.2) is 0 Å². The third-order valence-corrected chi connectivity index (χ3v) is 12.3. The Balaban J connectivity index is 1.07. The number of anilines is 3. The minimum atomic E-state index is 1.10. The third kappa shape index (κ3) is 5.50. The van der Waals surface area contributed by atoms with Crippen molar-refractivity contribution < 1.29 is 0 Å². The monoisotopic (exact) mass is 762 g/mol. The second-order valence-corrected chi connectivity index (χ2v) is 15.7. The van der Waals surface area contributed by atoms with E-state index in [9.17, 15) is 0 Å². The second kappa shape index (κ2) is 13.9. The van der Waals surface area contributed by atoms with Gasteiger partial charge in [-0.15, -0.1) is 0 Å². The molecule has 0 unspecified atom stereocenters. The Morgan fingerprint density at radius 1 is 0.283 bits per heavy atom. The topological polar surface area (TPSA) is 8.17 Å². The van der Waals surface area contributed by atoms with Crippen LogP contribution in [0.4, 0.5) is 17.1 Å². The molecule has 12 rings (SSSR count). The fourth-order valence-corrected chi connectivity index (χ4v) is 9.54. The van der Waals surface area contributed by atoms with Crippen molar-refractivity contribution in [3.05, 3.63) is 231 Å². The predicted octanol–water partition coefficient (Wildman–Crippen LogP) is 16.2. The normalized spacial score (nSPS) is 11.7. The Morgan fingerprint density at radius 3 is 1.45 bits per heavy atom. The van der Waals surface area contributed by atoms with Gasteiger partial charge in [-0.2, -0.15) is 0 Å². The summed E-state index contributed by atoms with van der Waals surface area (Å²) in [5.74, 6) is 0. The maximum Gasteiger partial charge on any atom is 0.0541 e. The number of fused-ring (bicyclic) bond motifs is 3. The summed E-state index contributed by atoms with van der Waals surface area (Å²) in [6.45, 7) is 0. The van der Waals surface area contributed by atoms with Crippen molar-refractivity contribution in [2.45, 2.75) is 0 Å². The van der Waals surface area contributed by atoms with Gasteiger partial charge in [0, 0.05) is 32.9 Å². The fourth-order valence-electron chi connectivity index (χ4n) is 9.54. The molecule has 0 atom stereocenters. The van der Waals surface area contributed by atoms with Crippen LogP contribution in [0.15, 0.2) is 231 Å². The number of benzene rings is 11. The smallest absolute Gasteiger partial charge is 0.0541 e. The van der Waals surface area contributed by atoms with Crippen LogP contribution in [0.3, 0.4) is 0 Å². The van der Waals surface area contributed by atoms with Gasteiger partial charge in [-0.25, -0.2) is 0 Å². The van der Waals surface area contributed by atoms with Gasteiger partial charge in [-0.1, -0.05) is 176 Å². The van der Waals surface area contributed by atoms with Crippen LogP contribution in [0.25, 0.3) is 93.2 Å². The average molecular weight is 763 g/mol. The maximum atomic E-state index is 2.45. The van der Waals surface area contributed by atoms with Gasteiger partial charge < -0.3 is 9.47 Å². The van der Waals surface area contributed by atoms with Gasteiger partial charge in [0.25, 0.3) is 0 Å². The molecular weight excluding hydrogens is 725 g/mol. The van der Waals surface area contributed by atoms with E-state index in [2.05, 4.69) is 240 Å². The lowest BCUT2D eigenvalue weighted by atomic mass is 9.92. The second-order valence-electron chi connectivity index (χ2n) is 15.7. The number of rotatable bonds is 7. The quantitative estimate of drug-likeness (QED) is 0.147. The van der Waals surface area contributed by atoms with E-state index in [-0.39, 0.29) is 0 Å². The molecule has 0 saturated heterocycles. The zero-order chi connectivity index (χ0) is 39.6. The molecule has 2 nitrogen and oxygen atoms in total. The Hall–Kier alpha value is -7.94. The summed E-state index contributed by atoms with van der Waals surface area (Å²) in [6, 6.07) is 84.2. The molecule has 0 aliphatic heterocycles. The molecule has 0 aliphatic rings. The highest BCUT2D eigenvalue weighted by molar-refractivity contribution is 6.27. The first-order valence-corrected chi connectivity index (χ1v) is 20.7. The standard InChI is InChI=1S/C58H38N2/c1-3-13-39(14-4-1)41-25-31-47(32-26-41)59(48-20-12-19-46(38-48)45-18-11-17-44(37-45)40-15-5-2-6-16-40)55-35-29-42-28-34-52-56(36-30-43-27-33-51(55)57(42)58(43)52)60-53-23-9-7-21-49(53)50-22-8-10-24-54(50)60/h1-38H. The largest absolute Gasteiger partial charge is 0.310 e. The van der Waals surface area contributed by atoms with Gasteiger partial charge in [0.05, 0.1) is 22.4 Å². The first-order valence-electron chi connectivity index (χ1n) is 20.7. The Morgan fingerprint density at radius 2 is 0.767 bits per heavy atom. The van der Waals surface area contributed by atoms with Gasteiger partial charge in [0.2, 0.25) is 0 Å². The summed E-state index contributed by atoms with van der Waals surface area (Å²) < 4.78 is 2.45.